The Balaban J connectivity index is 1.83. The maximum absolute atomic E-state index is 11.6. The fraction of sp³-hybridized carbons (Fsp3) is 1.00. The maximum atomic E-state index is 11.6. The summed E-state index contributed by atoms with van der Waals surface area (Å²) in [5, 5.41) is 3.34. The van der Waals surface area contributed by atoms with E-state index in [0.717, 1.165) is 13.0 Å². The van der Waals surface area contributed by atoms with E-state index in [0.29, 0.717) is 30.1 Å². The van der Waals surface area contributed by atoms with Crippen molar-refractivity contribution in [2.75, 3.05) is 24.6 Å². The topological polar surface area (TPSA) is 49.4 Å². The summed E-state index contributed by atoms with van der Waals surface area (Å²) < 4.78 is 23.2. The van der Waals surface area contributed by atoms with E-state index in [1.165, 1.54) is 19.3 Å². The van der Waals surface area contributed by atoms with E-state index in [4.69, 9.17) is 0 Å². The van der Waals surface area contributed by atoms with Crippen LogP contribution in [-0.4, -0.2) is 56.0 Å². The van der Waals surface area contributed by atoms with Gasteiger partial charge in [-0.15, -0.1) is 0 Å². The Hall–Kier alpha value is -0.130. The Bertz CT molecular complexity index is 359. The number of rotatable bonds is 3. The first-order valence-corrected chi connectivity index (χ1v) is 8.99. The lowest BCUT2D eigenvalue weighted by Crippen LogP contribution is -2.49. The van der Waals surface area contributed by atoms with Gasteiger partial charge in [0.2, 0.25) is 0 Å². The van der Waals surface area contributed by atoms with Gasteiger partial charge in [-0.2, -0.15) is 0 Å². The lowest BCUT2D eigenvalue weighted by molar-refractivity contribution is 0.0989. The van der Waals surface area contributed by atoms with Crippen molar-refractivity contribution in [3.05, 3.63) is 0 Å². The molecule has 2 heterocycles. The van der Waals surface area contributed by atoms with Gasteiger partial charge in [0.1, 0.15) is 0 Å². The lowest BCUT2D eigenvalue weighted by atomic mass is 9.97. The summed E-state index contributed by atoms with van der Waals surface area (Å²) in [5.74, 6) is 0.629. The quantitative estimate of drug-likeness (QED) is 0.835. The van der Waals surface area contributed by atoms with Crippen LogP contribution in [-0.2, 0) is 9.84 Å². The van der Waals surface area contributed by atoms with Crippen LogP contribution in [0.1, 0.15) is 39.5 Å². The molecule has 0 radical (unpaired) electrons. The Morgan fingerprint density at radius 2 is 1.89 bits per heavy atom. The van der Waals surface area contributed by atoms with Gasteiger partial charge in [0.25, 0.3) is 0 Å². The van der Waals surface area contributed by atoms with Gasteiger partial charge in [0, 0.05) is 31.2 Å². The van der Waals surface area contributed by atoms with Gasteiger partial charge in [-0.25, -0.2) is 8.42 Å². The smallest absolute Gasteiger partial charge is 0.153 e. The molecule has 1 unspecified atom stereocenters. The number of nitrogens with zero attached hydrogens (tertiary/aromatic N) is 1. The molecule has 0 bridgehead atoms. The van der Waals surface area contributed by atoms with Crippen molar-refractivity contribution in [1.82, 2.24) is 10.2 Å². The highest BCUT2D eigenvalue weighted by Crippen LogP contribution is 2.23. The molecule has 0 saturated carbocycles. The van der Waals surface area contributed by atoms with E-state index in [-0.39, 0.29) is 6.04 Å². The zero-order valence-corrected chi connectivity index (χ0v) is 12.4. The molecule has 5 heteroatoms. The fourth-order valence-electron chi connectivity index (χ4n) is 3.27. The molecule has 2 aliphatic rings. The molecule has 2 rings (SSSR count). The molecule has 106 valence electrons. The van der Waals surface area contributed by atoms with Crippen molar-refractivity contribution in [1.29, 1.82) is 0 Å². The summed E-state index contributed by atoms with van der Waals surface area (Å²) in [6.07, 6.45) is 4.84. The van der Waals surface area contributed by atoms with Gasteiger partial charge in [0.05, 0.1) is 11.5 Å². The average molecular weight is 274 g/mol. The molecule has 2 fully saturated rings. The summed E-state index contributed by atoms with van der Waals surface area (Å²) in [5.41, 5.74) is 0. The van der Waals surface area contributed by atoms with Gasteiger partial charge < -0.3 is 5.32 Å². The molecular weight excluding hydrogens is 248 g/mol. The molecule has 0 aromatic rings. The Labute approximate surface area is 111 Å². The lowest BCUT2D eigenvalue weighted by Gasteiger charge is -2.40. The molecule has 1 N–H and O–H groups in total. The normalized spacial score (nSPS) is 37.6. The van der Waals surface area contributed by atoms with Crippen molar-refractivity contribution in [2.24, 2.45) is 0 Å². The van der Waals surface area contributed by atoms with Crippen molar-refractivity contribution >= 4 is 9.84 Å². The molecule has 0 aliphatic carbocycles. The second-order valence-electron chi connectivity index (χ2n) is 5.92. The molecule has 2 saturated heterocycles. The van der Waals surface area contributed by atoms with E-state index < -0.39 is 9.84 Å². The highest BCUT2D eigenvalue weighted by molar-refractivity contribution is 7.91. The number of hydrogen-bond acceptors (Lipinski definition) is 4. The first-order valence-electron chi connectivity index (χ1n) is 7.17. The highest BCUT2D eigenvalue weighted by atomic mass is 32.2. The molecule has 4 nitrogen and oxygen atoms in total. The molecule has 3 atom stereocenters. The van der Waals surface area contributed by atoms with Crippen LogP contribution in [0.2, 0.25) is 0 Å². The first kappa shape index (κ1) is 14.3. The van der Waals surface area contributed by atoms with Crippen LogP contribution < -0.4 is 5.32 Å². The summed E-state index contributed by atoms with van der Waals surface area (Å²) in [6.45, 7) is 6.23. The minimum absolute atomic E-state index is 0.157. The first-order chi connectivity index (χ1) is 8.48. The monoisotopic (exact) mass is 274 g/mol. The van der Waals surface area contributed by atoms with E-state index >= 15 is 0 Å². The van der Waals surface area contributed by atoms with E-state index in [2.05, 4.69) is 24.1 Å². The Kier molecular flexibility index (Phi) is 4.67. The van der Waals surface area contributed by atoms with Crippen LogP contribution in [0.3, 0.4) is 0 Å². The molecule has 0 spiro atoms. The third-order valence-electron chi connectivity index (χ3n) is 4.41. The van der Waals surface area contributed by atoms with Crippen LogP contribution in [0.25, 0.3) is 0 Å². The minimum Gasteiger partial charge on any atom is -0.312 e. The molecule has 0 aromatic carbocycles. The minimum atomic E-state index is -2.79. The van der Waals surface area contributed by atoms with Crippen LogP contribution in [0.4, 0.5) is 0 Å². The third kappa shape index (κ3) is 3.68. The molecule has 0 amide bonds. The second-order valence-corrected chi connectivity index (χ2v) is 8.15. The standard InChI is InChI=1S/C13H26N2O2S/c1-11-4-3-5-12(2)15(11)8-6-13-10-18(16,17)9-7-14-13/h11-14H,3-10H2,1-2H3/t11-,12+,13?. The third-order valence-corrected chi connectivity index (χ3v) is 6.15. The van der Waals surface area contributed by atoms with Gasteiger partial charge in [-0.3, -0.25) is 4.90 Å². The maximum Gasteiger partial charge on any atom is 0.153 e. The van der Waals surface area contributed by atoms with E-state index in [1.54, 1.807) is 0 Å². The summed E-state index contributed by atoms with van der Waals surface area (Å²) in [4.78, 5) is 2.55. The van der Waals surface area contributed by atoms with E-state index in [1.807, 2.05) is 0 Å². The van der Waals surface area contributed by atoms with Gasteiger partial charge in [0.15, 0.2) is 9.84 Å². The number of sulfone groups is 1. The molecule has 18 heavy (non-hydrogen) atoms. The van der Waals surface area contributed by atoms with Gasteiger partial charge >= 0.3 is 0 Å². The number of hydrogen-bond donors (Lipinski definition) is 1. The highest BCUT2D eigenvalue weighted by Gasteiger charge is 2.28. The van der Waals surface area contributed by atoms with Crippen molar-refractivity contribution < 1.29 is 8.42 Å². The average Bonchev–Trinajstić information content (AvgIpc) is 2.27. The largest absolute Gasteiger partial charge is 0.312 e. The van der Waals surface area contributed by atoms with Crippen molar-refractivity contribution in [3.8, 4) is 0 Å². The summed E-state index contributed by atoms with van der Waals surface area (Å²) in [6, 6.07) is 1.45. The van der Waals surface area contributed by atoms with E-state index in [9.17, 15) is 8.42 Å². The fourth-order valence-corrected chi connectivity index (χ4v) is 4.77. The zero-order chi connectivity index (χ0) is 13.2. The van der Waals surface area contributed by atoms with Crippen LogP contribution >= 0.6 is 0 Å². The second kappa shape index (κ2) is 5.88. The predicted molar refractivity (Wildman–Crippen MR) is 74.5 cm³/mol. The summed E-state index contributed by atoms with van der Waals surface area (Å²) >= 11 is 0. The number of likely N-dealkylation sites (tertiary alicyclic amines) is 1. The van der Waals surface area contributed by atoms with Crippen molar-refractivity contribution in [2.45, 2.75) is 57.7 Å². The zero-order valence-electron chi connectivity index (χ0n) is 11.6. The van der Waals surface area contributed by atoms with Crippen LogP contribution in [0.15, 0.2) is 0 Å². The SMILES string of the molecule is C[C@@H]1CCC[C@H](C)N1CCC1CS(=O)(=O)CCN1. The van der Waals surface area contributed by atoms with Crippen LogP contribution in [0.5, 0.6) is 0 Å². The molecule has 2 aliphatic heterocycles. The molecular formula is C13H26N2O2S. The van der Waals surface area contributed by atoms with Crippen LogP contribution in [0, 0.1) is 0 Å². The van der Waals surface area contributed by atoms with Gasteiger partial charge in [-0.1, -0.05) is 6.42 Å². The Morgan fingerprint density at radius 3 is 2.50 bits per heavy atom. The predicted octanol–water partition coefficient (Wildman–Crippen LogP) is 1.03. The number of nitrogens with one attached hydrogen (secondary N) is 1. The molecule has 0 aromatic heterocycles. The number of piperidine rings is 1. The Morgan fingerprint density at radius 1 is 1.22 bits per heavy atom. The van der Waals surface area contributed by atoms with Gasteiger partial charge in [-0.05, 0) is 33.1 Å². The van der Waals surface area contributed by atoms with Crippen molar-refractivity contribution in [3.63, 3.8) is 0 Å². The summed E-state index contributed by atoms with van der Waals surface area (Å²) in [7, 11) is -2.79.